The van der Waals surface area contributed by atoms with Crippen LogP contribution < -0.4 is 41.8 Å². The van der Waals surface area contributed by atoms with Gasteiger partial charge in [-0.15, -0.1) is 0 Å². The Kier molecular flexibility index (Phi) is 16.0. The topological polar surface area (TPSA) is 168 Å². The van der Waals surface area contributed by atoms with Crippen LogP contribution in [0.1, 0.15) is 67.2 Å². The molecule has 0 bridgehead atoms. The molecule has 1 aliphatic rings. The quantitative estimate of drug-likeness (QED) is 0.0540. The minimum Gasteiger partial charge on any atom is -0.497 e. The Balaban J connectivity index is 0.000000206. The van der Waals surface area contributed by atoms with Gasteiger partial charge in [-0.2, -0.15) is 9.97 Å². The van der Waals surface area contributed by atoms with Gasteiger partial charge in [-0.3, -0.25) is 9.59 Å². The second-order valence-corrected chi connectivity index (χ2v) is 16.4. The average Bonchev–Trinajstić information content (AvgIpc) is 3.35. The summed E-state index contributed by atoms with van der Waals surface area (Å²) in [6.45, 7) is 11.2. The maximum absolute atomic E-state index is 11.7. The van der Waals surface area contributed by atoms with E-state index in [4.69, 9.17) is 27.9 Å². The second-order valence-electron chi connectivity index (χ2n) is 16.4. The molecule has 6 aromatic carbocycles. The molecule has 0 aliphatic carbocycles. The van der Waals surface area contributed by atoms with Crippen molar-refractivity contribution in [3.05, 3.63) is 172 Å². The van der Waals surface area contributed by atoms with Crippen molar-refractivity contribution in [3.63, 3.8) is 0 Å². The highest BCUT2D eigenvalue weighted by Gasteiger charge is 2.44. The fourth-order valence-electron chi connectivity index (χ4n) is 7.29. The van der Waals surface area contributed by atoms with Gasteiger partial charge in [0.25, 0.3) is 0 Å². The molecular weight excluding hydrogens is 871 g/mol. The first-order chi connectivity index (χ1) is 33.2. The SMILES string of the molecule is COC(=O)c1ccc(Nc2nc(Nc3ccc(C(C)=O)cc3)cc(Nc3ccc(C(C)=O)cc3)n2)cc1.COc1ccc(B2OB(c3ccc(C)c(C)c3)OB(c3ccc(C)c(OC)c3)O2)cc1C. The number of Topliss-reactive ketones (excluding diaryl/α,β-unsaturated/α-hetero) is 2. The summed E-state index contributed by atoms with van der Waals surface area (Å²) in [5.74, 6) is 2.48. The normalized spacial score (nSPS) is 12.0. The van der Waals surface area contributed by atoms with Crippen molar-refractivity contribution >= 4 is 89.9 Å². The molecule has 14 nitrogen and oxygen atoms in total. The number of hydrogen-bond acceptors (Lipinski definition) is 14. The standard InChI is InChI=1S/C28H25N5O4.C24H27B3O5/c1-17(34)19-4-10-22(11-5-19)29-25-16-26(30-23-12-6-20(7-13-23)18(2)35)33-28(32-25)31-24-14-8-21(9-15-24)27(36)37-3;1-16-7-9-20(13-18(16)3)25-30-26(21-11-12-23(28-5)19(4)14-21)32-27(31-25)22-10-8-17(2)24(15-22)29-6/h4-16H,1-3H3,(H3,29,30,31,32,33);7-15H,1-6H3. The zero-order valence-electron chi connectivity index (χ0n) is 40.0. The molecule has 1 aromatic heterocycles. The van der Waals surface area contributed by atoms with E-state index in [2.05, 4.69) is 51.9 Å². The number of rotatable bonds is 14. The van der Waals surface area contributed by atoms with Gasteiger partial charge in [0, 0.05) is 34.3 Å². The predicted octanol–water partition coefficient (Wildman–Crippen LogP) is 8.39. The third kappa shape index (κ3) is 12.6. The van der Waals surface area contributed by atoms with Crippen LogP contribution in [0.15, 0.2) is 133 Å². The highest BCUT2D eigenvalue weighted by molar-refractivity contribution is 6.87. The largest absolute Gasteiger partial charge is 0.497 e. The fraction of sp³-hybridized carbons (Fsp3) is 0.173. The van der Waals surface area contributed by atoms with Gasteiger partial charge >= 0.3 is 27.3 Å². The van der Waals surface area contributed by atoms with Gasteiger partial charge in [0.05, 0.1) is 26.9 Å². The Hall–Kier alpha value is -7.72. The molecular formula is C52H52B3N5O9. The molecule has 2 heterocycles. The molecule has 1 fully saturated rings. The van der Waals surface area contributed by atoms with Crippen molar-refractivity contribution in [3.8, 4) is 11.5 Å². The van der Waals surface area contributed by atoms with Crippen LogP contribution >= 0.6 is 0 Å². The maximum Gasteiger partial charge on any atom is 0.467 e. The number of ketones is 2. The first-order valence-electron chi connectivity index (χ1n) is 22.1. The summed E-state index contributed by atoms with van der Waals surface area (Å²) in [6, 6.07) is 40.7. The summed E-state index contributed by atoms with van der Waals surface area (Å²) < 4.78 is 34.5. The Bertz CT molecular complexity index is 2880. The van der Waals surface area contributed by atoms with E-state index in [9.17, 15) is 14.4 Å². The zero-order valence-corrected chi connectivity index (χ0v) is 40.0. The van der Waals surface area contributed by atoms with Crippen LogP contribution in [0.3, 0.4) is 0 Å². The highest BCUT2D eigenvalue weighted by Crippen LogP contribution is 2.26. The number of nitrogens with zero attached hydrogens (tertiary/aromatic N) is 2. The van der Waals surface area contributed by atoms with Gasteiger partial charge < -0.3 is 43.9 Å². The second kappa shape index (κ2) is 22.4. The first-order valence-corrected chi connectivity index (χ1v) is 22.1. The van der Waals surface area contributed by atoms with Gasteiger partial charge in [0.1, 0.15) is 23.1 Å². The van der Waals surface area contributed by atoms with E-state index in [-0.39, 0.29) is 11.6 Å². The average molecular weight is 923 g/mol. The Morgan fingerprint density at radius 1 is 0.449 bits per heavy atom. The van der Waals surface area contributed by atoms with Crippen molar-refractivity contribution in [2.45, 2.75) is 41.5 Å². The molecule has 0 atom stereocenters. The molecule has 69 heavy (non-hydrogen) atoms. The third-order valence-corrected chi connectivity index (χ3v) is 11.4. The van der Waals surface area contributed by atoms with Crippen LogP contribution in [0.4, 0.5) is 34.6 Å². The van der Waals surface area contributed by atoms with Crippen molar-refractivity contribution in [1.82, 2.24) is 9.97 Å². The van der Waals surface area contributed by atoms with Gasteiger partial charge in [-0.05, 0) is 165 Å². The number of carbonyl (C=O) groups excluding carboxylic acids is 3. The number of benzene rings is 6. The van der Waals surface area contributed by atoms with E-state index in [1.807, 2.05) is 56.3 Å². The lowest BCUT2D eigenvalue weighted by Crippen LogP contribution is -2.61. The van der Waals surface area contributed by atoms with Crippen molar-refractivity contribution in [2.75, 3.05) is 37.3 Å². The minimum atomic E-state index is -0.614. The molecule has 0 unspecified atom stereocenters. The van der Waals surface area contributed by atoms with Crippen LogP contribution in [0.5, 0.6) is 11.5 Å². The molecule has 1 aliphatic heterocycles. The van der Waals surface area contributed by atoms with E-state index < -0.39 is 27.3 Å². The molecule has 0 saturated carbocycles. The molecule has 0 spiro atoms. The van der Waals surface area contributed by atoms with Crippen LogP contribution in [-0.2, 0) is 18.5 Å². The number of methoxy groups -OCH3 is 3. The summed E-state index contributed by atoms with van der Waals surface area (Å²) >= 11 is 0. The van der Waals surface area contributed by atoms with E-state index in [0.717, 1.165) is 50.4 Å². The first kappa shape index (κ1) is 49.2. The fourth-order valence-corrected chi connectivity index (χ4v) is 7.29. The van der Waals surface area contributed by atoms with Crippen LogP contribution in [0.25, 0.3) is 0 Å². The molecule has 0 radical (unpaired) electrons. The number of hydrogen-bond donors (Lipinski definition) is 3. The minimum absolute atomic E-state index is 0.0134. The molecule has 348 valence electrons. The van der Waals surface area contributed by atoms with Crippen LogP contribution in [0.2, 0.25) is 0 Å². The van der Waals surface area contributed by atoms with E-state index in [1.54, 1.807) is 93.1 Å². The summed E-state index contributed by atoms with van der Waals surface area (Å²) in [4.78, 5) is 44.0. The van der Waals surface area contributed by atoms with Crippen LogP contribution in [0, 0.1) is 27.7 Å². The van der Waals surface area contributed by atoms with E-state index in [1.165, 1.54) is 32.1 Å². The molecule has 0 amide bonds. The summed E-state index contributed by atoms with van der Waals surface area (Å²) in [5.41, 5.74) is 11.0. The Labute approximate surface area is 403 Å². The number of aryl methyl sites for hydroxylation is 4. The van der Waals surface area contributed by atoms with Crippen LogP contribution in [-0.4, -0.2) is 70.2 Å². The summed E-state index contributed by atoms with van der Waals surface area (Å²) in [6.07, 6.45) is 0. The van der Waals surface area contributed by atoms with Gasteiger partial charge in [-0.1, -0.05) is 42.5 Å². The lowest BCUT2D eigenvalue weighted by Gasteiger charge is -2.32. The number of carbonyl (C=O) groups is 3. The lowest BCUT2D eigenvalue weighted by atomic mass is 9.61. The summed E-state index contributed by atoms with van der Waals surface area (Å²) in [5, 5.41) is 9.60. The van der Waals surface area contributed by atoms with Crippen molar-refractivity contribution < 1.29 is 42.3 Å². The number of esters is 1. The van der Waals surface area contributed by atoms with Gasteiger partial charge in [-0.25, -0.2) is 4.79 Å². The maximum atomic E-state index is 11.7. The molecule has 17 heteroatoms. The Morgan fingerprint density at radius 3 is 1.30 bits per heavy atom. The monoisotopic (exact) mass is 923 g/mol. The molecule has 7 aromatic rings. The molecule has 8 rings (SSSR count). The summed E-state index contributed by atoms with van der Waals surface area (Å²) in [7, 11) is 2.87. The number of anilines is 6. The van der Waals surface area contributed by atoms with E-state index in [0.29, 0.717) is 40.0 Å². The molecule has 1 saturated heterocycles. The number of ether oxygens (including phenoxy) is 3. The molecule has 3 N–H and O–H groups in total. The smallest absolute Gasteiger partial charge is 0.467 e. The highest BCUT2D eigenvalue weighted by atomic mass is 16.7. The third-order valence-electron chi connectivity index (χ3n) is 11.4. The van der Waals surface area contributed by atoms with Crippen molar-refractivity contribution in [1.29, 1.82) is 0 Å². The number of aromatic nitrogens is 2. The lowest BCUT2D eigenvalue weighted by molar-refractivity contribution is 0.0600. The predicted molar refractivity (Wildman–Crippen MR) is 273 cm³/mol. The Morgan fingerprint density at radius 2 is 0.870 bits per heavy atom. The number of nitrogens with one attached hydrogen (secondary N) is 3. The van der Waals surface area contributed by atoms with Gasteiger partial charge in [0.2, 0.25) is 5.95 Å². The van der Waals surface area contributed by atoms with E-state index >= 15 is 0 Å². The van der Waals surface area contributed by atoms with Crippen molar-refractivity contribution in [2.24, 2.45) is 0 Å². The zero-order chi connectivity index (χ0) is 49.2. The van der Waals surface area contributed by atoms with Gasteiger partial charge in [0.15, 0.2) is 11.6 Å².